The molecule has 0 radical (unpaired) electrons. The fraction of sp³-hybridized carbons (Fsp3) is 0.923. The van der Waals surface area contributed by atoms with Gasteiger partial charge in [0.25, 0.3) is 0 Å². The lowest BCUT2D eigenvalue weighted by Gasteiger charge is -2.40. The summed E-state index contributed by atoms with van der Waals surface area (Å²) in [6.45, 7) is 6.45. The van der Waals surface area contributed by atoms with Crippen LogP contribution in [0.1, 0.15) is 46.0 Å². The van der Waals surface area contributed by atoms with Gasteiger partial charge >= 0.3 is 5.97 Å². The number of hydrogen-bond donors (Lipinski definition) is 1. The maximum Gasteiger partial charge on any atom is 0.325 e. The average molecular weight is 242 g/mol. The molecule has 1 fully saturated rings. The quantitative estimate of drug-likeness (QED) is 0.743. The van der Waals surface area contributed by atoms with Gasteiger partial charge in [0.15, 0.2) is 0 Å². The molecule has 0 amide bonds. The molecule has 2 N–H and O–H groups in total. The largest absolute Gasteiger partial charge is 0.468 e. The maximum atomic E-state index is 11.7. The van der Waals surface area contributed by atoms with Gasteiger partial charge in [0.2, 0.25) is 0 Å². The number of methoxy groups -OCH3 is 1. The molecule has 2 unspecified atom stereocenters. The van der Waals surface area contributed by atoms with Gasteiger partial charge in [-0.25, -0.2) is 0 Å². The van der Waals surface area contributed by atoms with E-state index in [1.165, 1.54) is 7.11 Å². The molecule has 0 heterocycles. The van der Waals surface area contributed by atoms with Gasteiger partial charge in [-0.05, 0) is 45.2 Å². The van der Waals surface area contributed by atoms with E-state index in [0.717, 1.165) is 45.2 Å². The second-order valence-electron chi connectivity index (χ2n) is 5.03. The van der Waals surface area contributed by atoms with Crippen molar-refractivity contribution in [3.05, 3.63) is 0 Å². The summed E-state index contributed by atoms with van der Waals surface area (Å²) in [5, 5.41) is 0. The molecule has 0 aromatic carbocycles. The number of carbonyl (C=O) groups excluding carboxylic acids is 1. The van der Waals surface area contributed by atoms with Gasteiger partial charge in [-0.2, -0.15) is 0 Å². The van der Waals surface area contributed by atoms with Crippen molar-refractivity contribution >= 4 is 5.97 Å². The van der Waals surface area contributed by atoms with E-state index in [2.05, 4.69) is 18.7 Å². The Labute approximate surface area is 104 Å². The monoisotopic (exact) mass is 242 g/mol. The minimum absolute atomic E-state index is 0.255. The van der Waals surface area contributed by atoms with Crippen LogP contribution in [0.2, 0.25) is 0 Å². The Hall–Kier alpha value is -0.610. The molecule has 0 aliphatic heterocycles. The first kappa shape index (κ1) is 14.5. The summed E-state index contributed by atoms with van der Waals surface area (Å²) in [7, 11) is 1.42. The second-order valence-corrected chi connectivity index (χ2v) is 5.03. The highest BCUT2D eigenvalue weighted by molar-refractivity contribution is 5.80. The van der Waals surface area contributed by atoms with Crippen molar-refractivity contribution < 1.29 is 9.53 Å². The molecule has 0 spiro atoms. The lowest BCUT2D eigenvalue weighted by atomic mass is 9.79. The maximum absolute atomic E-state index is 11.7. The van der Waals surface area contributed by atoms with Crippen molar-refractivity contribution in [2.75, 3.05) is 20.2 Å². The van der Waals surface area contributed by atoms with E-state index < -0.39 is 5.54 Å². The first-order valence-corrected chi connectivity index (χ1v) is 6.68. The Bertz CT molecular complexity index is 258. The van der Waals surface area contributed by atoms with Gasteiger partial charge in [0.1, 0.15) is 5.54 Å². The van der Waals surface area contributed by atoms with E-state index in [0.29, 0.717) is 6.04 Å². The smallest absolute Gasteiger partial charge is 0.325 e. The van der Waals surface area contributed by atoms with Gasteiger partial charge in [0, 0.05) is 6.04 Å². The summed E-state index contributed by atoms with van der Waals surface area (Å²) in [5.41, 5.74) is 5.43. The lowest BCUT2D eigenvalue weighted by molar-refractivity contribution is -0.149. The summed E-state index contributed by atoms with van der Waals surface area (Å²) in [5.74, 6) is -0.255. The van der Waals surface area contributed by atoms with Crippen LogP contribution in [0, 0.1) is 0 Å². The fourth-order valence-corrected chi connectivity index (χ4v) is 2.86. The Morgan fingerprint density at radius 1 is 1.53 bits per heavy atom. The van der Waals surface area contributed by atoms with Crippen molar-refractivity contribution in [3.8, 4) is 0 Å². The molecular weight excluding hydrogens is 216 g/mol. The van der Waals surface area contributed by atoms with E-state index in [9.17, 15) is 4.79 Å². The molecule has 1 rings (SSSR count). The standard InChI is InChI=1S/C13H26N2O2/c1-4-9-15(5-2)11-7-6-8-13(14,10-11)12(16)17-3/h11H,4-10,14H2,1-3H3. The van der Waals surface area contributed by atoms with E-state index in [1.807, 2.05) is 0 Å². The van der Waals surface area contributed by atoms with E-state index in [-0.39, 0.29) is 5.97 Å². The predicted octanol–water partition coefficient (Wildman–Crippen LogP) is 1.53. The molecule has 0 bridgehead atoms. The normalized spacial score (nSPS) is 29.4. The van der Waals surface area contributed by atoms with Gasteiger partial charge in [-0.15, -0.1) is 0 Å². The van der Waals surface area contributed by atoms with E-state index >= 15 is 0 Å². The van der Waals surface area contributed by atoms with E-state index in [4.69, 9.17) is 10.5 Å². The number of nitrogens with two attached hydrogens (primary N) is 1. The Morgan fingerprint density at radius 2 is 2.24 bits per heavy atom. The zero-order valence-electron chi connectivity index (χ0n) is 11.4. The predicted molar refractivity (Wildman–Crippen MR) is 68.7 cm³/mol. The summed E-state index contributed by atoms with van der Waals surface area (Å²) < 4.78 is 4.83. The molecule has 17 heavy (non-hydrogen) atoms. The van der Waals surface area contributed by atoms with E-state index in [1.54, 1.807) is 0 Å². The van der Waals surface area contributed by atoms with Gasteiger partial charge in [0.05, 0.1) is 7.11 Å². The summed E-state index contributed by atoms with van der Waals surface area (Å²) >= 11 is 0. The second kappa shape index (κ2) is 6.36. The number of hydrogen-bond acceptors (Lipinski definition) is 4. The van der Waals surface area contributed by atoms with Gasteiger partial charge in [-0.3, -0.25) is 4.79 Å². The fourth-order valence-electron chi connectivity index (χ4n) is 2.86. The zero-order valence-corrected chi connectivity index (χ0v) is 11.4. The van der Waals surface area contributed by atoms with Crippen LogP contribution in [0.25, 0.3) is 0 Å². The van der Waals surface area contributed by atoms with Crippen LogP contribution >= 0.6 is 0 Å². The molecule has 1 aliphatic carbocycles. The Kier molecular flexibility index (Phi) is 5.40. The summed E-state index contributed by atoms with van der Waals surface area (Å²) in [6, 6.07) is 0.429. The average Bonchev–Trinajstić information content (AvgIpc) is 2.34. The zero-order chi connectivity index (χ0) is 12.9. The third-order valence-corrected chi connectivity index (χ3v) is 3.79. The Morgan fingerprint density at radius 3 is 2.76 bits per heavy atom. The van der Waals surface area contributed by atoms with Crippen LogP contribution in [-0.4, -0.2) is 42.6 Å². The number of nitrogens with zero attached hydrogens (tertiary/aromatic N) is 1. The van der Waals surface area contributed by atoms with Gasteiger partial charge in [-0.1, -0.05) is 13.8 Å². The summed E-state index contributed by atoms with van der Waals surface area (Å²) in [4.78, 5) is 14.2. The van der Waals surface area contributed by atoms with Crippen molar-refractivity contribution in [2.24, 2.45) is 5.73 Å². The molecule has 2 atom stereocenters. The summed E-state index contributed by atoms with van der Waals surface area (Å²) in [6.07, 6.45) is 4.77. The van der Waals surface area contributed by atoms with Crippen LogP contribution in [0.4, 0.5) is 0 Å². The number of esters is 1. The van der Waals surface area contributed by atoms with Crippen molar-refractivity contribution in [1.29, 1.82) is 0 Å². The molecule has 100 valence electrons. The molecule has 0 aromatic heterocycles. The molecule has 1 saturated carbocycles. The van der Waals surface area contributed by atoms with Crippen molar-refractivity contribution in [2.45, 2.75) is 57.5 Å². The third-order valence-electron chi connectivity index (χ3n) is 3.79. The highest BCUT2D eigenvalue weighted by atomic mass is 16.5. The van der Waals surface area contributed by atoms with Crippen molar-refractivity contribution in [1.82, 2.24) is 4.90 Å². The first-order valence-electron chi connectivity index (χ1n) is 6.68. The Balaban J connectivity index is 2.67. The van der Waals surface area contributed by atoms with Crippen LogP contribution in [0.5, 0.6) is 0 Å². The number of rotatable bonds is 5. The van der Waals surface area contributed by atoms with Crippen LogP contribution in [-0.2, 0) is 9.53 Å². The minimum atomic E-state index is -0.765. The van der Waals surface area contributed by atoms with Crippen LogP contribution < -0.4 is 5.73 Å². The lowest BCUT2D eigenvalue weighted by Crippen LogP contribution is -2.56. The molecule has 4 nitrogen and oxygen atoms in total. The number of ether oxygens (including phenoxy) is 1. The van der Waals surface area contributed by atoms with Crippen LogP contribution in [0.3, 0.4) is 0 Å². The molecular formula is C13H26N2O2. The molecule has 0 saturated heterocycles. The molecule has 1 aliphatic rings. The van der Waals surface area contributed by atoms with Gasteiger partial charge < -0.3 is 15.4 Å². The SMILES string of the molecule is CCCN(CC)C1CCCC(N)(C(=O)OC)C1. The molecule has 4 heteroatoms. The highest BCUT2D eigenvalue weighted by Gasteiger charge is 2.41. The highest BCUT2D eigenvalue weighted by Crippen LogP contribution is 2.30. The number of carbonyl (C=O) groups is 1. The van der Waals surface area contributed by atoms with Crippen LogP contribution in [0.15, 0.2) is 0 Å². The third kappa shape index (κ3) is 3.42. The first-order chi connectivity index (χ1) is 8.07. The molecule has 0 aromatic rings. The minimum Gasteiger partial charge on any atom is -0.468 e. The topological polar surface area (TPSA) is 55.6 Å². The van der Waals surface area contributed by atoms with Crippen molar-refractivity contribution in [3.63, 3.8) is 0 Å².